The minimum Gasteiger partial charge on any atom is -0.462 e. The highest BCUT2D eigenvalue weighted by Crippen LogP contribution is 2.18. The summed E-state index contributed by atoms with van der Waals surface area (Å²) in [5.41, 5.74) is 0. The second-order valence-electron chi connectivity index (χ2n) is 20.6. The van der Waals surface area contributed by atoms with Crippen LogP contribution in [0.5, 0.6) is 0 Å². The molecule has 0 aliphatic carbocycles. The van der Waals surface area contributed by atoms with Gasteiger partial charge in [0.2, 0.25) is 0 Å². The summed E-state index contributed by atoms with van der Waals surface area (Å²) >= 11 is 0. The normalized spacial score (nSPS) is 12.5. The Kier molecular flexibility index (Phi) is 49.6. The molecule has 6 nitrogen and oxygen atoms in total. The maximum atomic E-state index is 12.8. The van der Waals surface area contributed by atoms with Crippen LogP contribution in [-0.4, -0.2) is 37.2 Å². The van der Waals surface area contributed by atoms with E-state index in [1.165, 1.54) is 212 Å². The predicted molar refractivity (Wildman–Crippen MR) is 275 cm³/mol. The highest BCUT2D eigenvalue weighted by Gasteiger charge is 2.19. The molecule has 0 aromatic carbocycles. The van der Waals surface area contributed by atoms with Crippen LogP contribution in [0, 0.1) is 11.8 Å². The van der Waals surface area contributed by atoms with Crippen LogP contribution in [0.2, 0.25) is 0 Å². The molecule has 0 spiro atoms. The van der Waals surface area contributed by atoms with Crippen molar-refractivity contribution in [2.75, 3.05) is 13.2 Å². The maximum Gasteiger partial charge on any atom is 0.306 e. The molecule has 0 saturated heterocycles. The third kappa shape index (κ3) is 49.8. The summed E-state index contributed by atoms with van der Waals surface area (Å²) in [7, 11) is 0. The first-order chi connectivity index (χ1) is 31.3. The van der Waals surface area contributed by atoms with Crippen molar-refractivity contribution in [3.8, 4) is 0 Å². The molecule has 0 saturated carbocycles. The minimum atomic E-state index is -0.762. The van der Waals surface area contributed by atoms with E-state index in [-0.39, 0.29) is 31.1 Å². The molecule has 0 N–H and O–H groups in total. The molecule has 6 heteroatoms. The van der Waals surface area contributed by atoms with Gasteiger partial charge in [-0.15, -0.1) is 0 Å². The fraction of sp³-hybridized carbons (Fsp3) is 0.948. The first-order valence-corrected chi connectivity index (χ1v) is 28.8. The lowest BCUT2D eigenvalue weighted by Gasteiger charge is -2.18. The number of hydrogen-bond acceptors (Lipinski definition) is 6. The molecule has 1 unspecified atom stereocenters. The van der Waals surface area contributed by atoms with Crippen LogP contribution in [0.4, 0.5) is 0 Å². The molecule has 0 aromatic heterocycles. The topological polar surface area (TPSA) is 78.9 Å². The molecule has 2 atom stereocenters. The van der Waals surface area contributed by atoms with E-state index >= 15 is 0 Å². The average Bonchev–Trinajstić information content (AvgIpc) is 3.28. The van der Waals surface area contributed by atoms with E-state index in [0.717, 1.165) is 69.6 Å². The lowest BCUT2D eigenvalue weighted by Crippen LogP contribution is -2.30. The second-order valence-corrected chi connectivity index (χ2v) is 20.6. The Hall–Kier alpha value is -1.59. The first kappa shape index (κ1) is 62.4. The van der Waals surface area contributed by atoms with Crippen molar-refractivity contribution < 1.29 is 28.6 Å². The number of carbonyl (C=O) groups is 3. The molecule has 0 amide bonds. The molecule has 0 aliphatic rings. The van der Waals surface area contributed by atoms with E-state index in [2.05, 4.69) is 34.6 Å². The van der Waals surface area contributed by atoms with Gasteiger partial charge in [0.05, 0.1) is 0 Å². The molecular formula is C58H112O6. The van der Waals surface area contributed by atoms with Crippen LogP contribution < -0.4 is 0 Å². The number of hydrogen-bond donors (Lipinski definition) is 0. The first-order valence-electron chi connectivity index (χ1n) is 28.8. The Labute approximate surface area is 399 Å². The largest absolute Gasteiger partial charge is 0.462 e. The number of rotatable bonds is 52. The van der Waals surface area contributed by atoms with Gasteiger partial charge >= 0.3 is 17.9 Å². The molecule has 0 rings (SSSR count). The molecule has 0 fully saturated rings. The van der Waals surface area contributed by atoms with Gasteiger partial charge in [0.25, 0.3) is 0 Å². The van der Waals surface area contributed by atoms with Gasteiger partial charge in [-0.2, -0.15) is 0 Å². The third-order valence-corrected chi connectivity index (χ3v) is 13.6. The van der Waals surface area contributed by atoms with Crippen LogP contribution in [0.1, 0.15) is 324 Å². The van der Waals surface area contributed by atoms with Crippen LogP contribution >= 0.6 is 0 Å². The van der Waals surface area contributed by atoms with Gasteiger partial charge in [0.1, 0.15) is 13.2 Å². The zero-order valence-electron chi connectivity index (χ0n) is 43.9. The van der Waals surface area contributed by atoms with Crippen molar-refractivity contribution in [1.82, 2.24) is 0 Å². The summed E-state index contributed by atoms with van der Waals surface area (Å²) < 4.78 is 16.9. The molecule has 0 heterocycles. The van der Waals surface area contributed by atoms with Crippen LogP contribution in [0.3, 0.4) is 0 Å². The summed E-state index contributed by atoms with van der Waals surface area (Å²) in [6, 6.07) is 0. The van der Waals surface area contributed by atoms with Crippen molar-refractivity contribution in [3.05, 3.63) is 0 Å². The predicted octanol–water partition coefficient (Wildman–Crippen LogP) is 18.9. The van der Waals surface area contributed by atoms with E-state index in [1.807, 2.05) is 0 Å². The van der Waals surface area contributed by atoms with Gasteiger partial charge in [-0.25, -0.2) is 0 Å². The highest BCUT2D eigenvalue weighted by atomic mass is 16.6. The van der Waals surface area contributed by atoms with Gasteiger partial charge in [-0.05, 0) is 31.1 Å². The fourth-order valence-corrected chi connectivity index (χ4v) is 8.84. The van der Waals surface area contributed by atoms with E-state index in [0.29, 0.717) is 19.3 Å². The van der Waals surface area contributed by atoms with Crippen molar-refractivity contribution in [2.24, 2.45) is 11.8 Å². The Balaban J connectivity index is 4.28. The van der Waals surface area contributed by atoms with Crippen LogP contribution in [-0.2, 0) is 28.6 Å². The van der Waals surface area contributed by atoms with Gasteiger partial charge < -0.3 is 14.2 Å². The second kappa shape index (κ2) is 50.8. The zero-order chi connectivity index (χ0) is 46.8. The Morgan fingerprint density at radius 1 is 0.328 bits per heavy atom. The quantitative estimate of drug-likeness (QED) is 0.0344. The van der Waals surface area contributed by atoms with E-state index in [1.54, 1.807) is 0 Å². The Bertz CT molecular complexity index is 980. The maximum absolute atomic E-state index is 12.8. The summed E-state index contributed by atoms with van der Waals surface area (Å²) in [5.74, 6) is 0.894. The number of esters is 3. The van der Waals surface area contributed by atoms with Crippen LogP contribution in [0.15, 0.2) is 0 Å². The van der Waals surface area contributed by atoms with Gasteiger partial charge in [-0.1, -0.05) is 285 Å². The summed E-state index contributed by atoms with van der Waals surface area (Å²) in [5, 5.41) is 0. The van der Waals surface area contributed by atoms with E-state index in [4.69, 9.17) is 14.2 Å². The van der Waals surface area contributed by atoms with Gasteiger partial charge in [0.15, 0.2) is 6.10 Å². The summed E-state index contributed by atoms with van der Waals surface area (Å²) in [6.45, 7) is 11.4. The van der Waals surface area contributed by atoms with E-state index < -0.39 is 6.10 Å². The van der Waals surface area contributed by atoms with Crippen molar-refractivity contribution in [3.63, 3.8) is 0 Å². The molecule has 64 heavy (non-hydrogen) atoms. The summed E-state index contributed by atoms with van der Waals surface area (Å²) in [6.07, 6.45) is 53.7. The molecule has 0 aliphatic heterocycles. The lowest BCUT2D eigenvalue weighted by atomic mass is 9.99. The smallest absolute Gasteiger partial charge is 0.306 e. The van der Waals surface area contributed by atoms with E-state index in [9.17, 15) is 14.4 Å². The molecule has 0 bridgehead atoms. The molecule has 0 aromatic rings. The summed E-state index contributed by atoms with van der Waals surface area (Å²) in [4.78, 5) is 38.1. The SMILES string of the molecule is CCCCCCCCCCCCCCC(=O)OC[C@@H](COC(=O)CCCCCCCCCCCCCCCCC(C)CC)OC(=O)CCCCCCCCCCCCCCCC(C)C. The number of carbonyl (C=O) groups excluding carboxylic acids is 3. The van der Waals surface area contributed by atoms with Crippen molar-refractivity contribution in [1.29, 1.82) is 0 Å². The number of unbranched alkanes of at least 4 members (excludes halogenated alkanes) is 36. The minimum absolute atomic E-state index is 0.0627. The average molecular weight is 906 g/mol. The van der Waals surface area contributed by atoms with Gasteiger partial charge in [0, 0.05) is 19.3 Å². The van der Waals surface area contributed by atoms with Gasteiger partial charge in [-0.3, -0.25) is 14.4 Å². The fourth-order valence-electron chi connectivity index (χ4n) is 8.84. The molecule has 0 radical (unpaired) electrons. The molecular weight excluding hydrogens is 793 g/mol. The standard InChI is InChI=1S/C58H112O6/c1-6-8-9-10-11-12-13-23-28-33-38-43-48-56(59)62-51-55(64-58(61)50-45-40-35-30-25-20-16-17-21-26-31-36-41-46-53(3)4)52-63-57(60)49-44-39-34-29-24-19-15-14-18-22-27-32-37-42-47-54(5)7-2/h53-55H,6-52H2,1-5H3/t54?,55-/m0/s1. The van der Waals surface area contributed by atoms with Crippen molar-refractivity contribution >= 4 is 17.9 Å². The Morgan fingerprint density at radius 3 is 0.891 bits per heavy atom. The number of ether oxygens (including phenoxy) is 3. The Morgan fingerprint density at radius 2 is 0.594 bits per heavy atom. The zero-order valence-corrected chi connectivity index (χ0v) is 43.9. The highest BCUT2D eigenvalue weighted by molar-refractivity contribution is 5.71. The van der Waals surface area contributed by atoms with Crippen LogP contribution in [0.25, 0.3) is 0 Å². The molecule has 380 valence electrons. The van der Waals surface area contributed by atoms with Crippen molar-refractivity contribution in [2.45, 2.75) is 330 Å². The third-order valence-electron chi connectivity index (χ3n) is 13.6. The monoisotopic (exact) mass is 905 g/mol. The lowest BCUT2D eigenvalue weighted by molar-refractivity contribution is -0.167.